The Balaban J connectivity index is 2.00. The summed E-state index contributed by atoms with van der Waals surface area (Å²) in [6, 6.07) is 3.61. The third-order valence-electron chi connectivity index (χ3n) is 2.41. The molecule has 2 aromatic heterocycles. The van der Waals surface area contributed by atoms with Crippen LogP contribution in [0.15, 0.2) is 22.8 Å². The Bertz CT molecular complexity index is 519. The molecular weight excluding hydrogens is 250 g/mol. The van der Waals surface area contributed by atoms with Crippen molar-refractivity contribution in [2.75, 3.05) is 6.54 Å². The lowest BCUT2D eigenvalue weighted by atomic mass is 10.3. The second-order valence-corrected chi connectivity index (χ2v) is 4.91. The zero-order valence-electron chi connectivity index (χ0n) is 10.1. The van der Waals surface area contributed by atoms with Gasteiger partial charge in [0.05, 0.1) is 23.5 Å². The molecule has 1 amide bonds. The quantitative estimate of drug-likeness (QED) is 0.858. The highest BCUT2D eigenvalue weighted by Crippen LogP contribution is 2.18. The first-order chi connectivity index (χ1) is 8.70. The fourth-order valence-electron chi connectivity index (χ4n) is 1.55. The molecule has 0 bridgehead atoms. The van der Waals surface area contributed by atoms with Crippen LogP contribution in [0.5, 0.6) is 0 Å². The predicted octanol–water partition coefficient (Wildman–Crippen LogP) is 1.48. The van der Waals surface area contributed by atoms with Crippen LogP contribution >= 0.6 is 11.3 Å². The Kier molecular flexibility index (Phi) is 4.11. The molecule has 96 valence electrons. The zero-order valence-corrected chi connectivity index (χ0v) is 10.9. The van der Waals surface area contributed by atoms with Crippen LogP contribution in [-0.4, -0.2) is 17.4 Å². The van der Waals surface area contributed by atoms with Crippen LogP contribution in [0.4, 0.5) is 0 Å². The van der Waals surface area contributed by atoms with Gasteiger partial charge in [0, 0.05) is 6.42 Å². The third-order valence-corrected chi connectivity index (χ3v) is 3.62. The van der Waals surface area contributed by atoms with Gasteiger partial charge in [-0.25, -0.2) is 4.98 Å². The lowest BCUT2D eigenvalue weighted by Crippen LogP contribution is -2.22. The molecule has 2 rings (SSSR count). The van der Waals surface area contributed by atoms with Crippen molar-refractivity contribution in [2.45, 2.75) is 19.9 Å². The fourth-order valence-corrected chi connectivity index (χ4v) is 2.55. The van der Waals surface area contributed by atoms with Crippen LogP contribution in [0.3, 0.4) is 0 Å². The molecule has 6 heteroatoms. The first-order valence-corrected chi connectivity index (χ1v) is 6.49. The topological polar surface area (TPSA) is 81.1 Å². The average Bonchev–Trinajstić information content (AvgIpc) is 2.96. The van der Waals surface area contributed by atoms with E-state index in [0.717, 1.165) is 16.5 Å². The molecule has 0 saturated carbocycles. The maximum atomic E-state index is 12.0. The first-order valence-electron chi connectivity index (χ1n) is 5.67. The van der Waals surface area contributed by atoms with Crippen LogP contribution in [0.1, 0.15) is 26.1 Å². The maximum absolute atomic E-state index is 12.0. The second kappa shape index (κ2) is 5.79. The molecule has 5 nitrogen and oxygen atoms in total. The second-order valence-electron chi connectivity index (χ2n) is 3.82. The van der Waals surface area contributed by atoms with Crippen LogP contribution in [0.2, 0.25) is 0 Å². The monoisotopic (exact) mass is 265 g/mol. The Hall–Kier alpha value is -1.66. The van der Waals surface area contributed by atoms with Gasteiger partial charge in [0.25, 0.3) is 5.91 Å². The highest BCUT2D eigenvalue weighted by Gasteiger charge is 2.14. The lowest BCUT2D eigenvalue weighted by molar-refractivity contribution is 0.0951. The molecule has 2 aromatic rings. The van der Waals surface area contributed by atoms with E-state index in [2.05, 4.69) is 10.3 Å². The van der Waals surface area contributed by atoms with Gasteiger partial charge in [-0.05, 0) is 25.6 Å². The number of aromatic nitrogens is 1. The smallest absolute Gasteiger partial charge is 0.263 e. The van der Waals surface area contributed by atoms with E-state index >= 15 is 0 Å². The summed E-state index contributed by atoms with van der Waals surface area (Å²) in [5.41, 5.74) is 6.22. The number of nitrogens with zero attached hydrogens (tertiary/aromatic N) is 1. The van der Waals surface area contributed by atoms with E-state index in [-0.39, 0.29) is 5.91 Å². The normalized spacial score (nSPS) is 10.6. The summed E-state index contributed by atoms with van der Waals surface area (Å²) in [4.78, 5) is 16.9. The van der Waals surface area contributed by atoms with Crippen molar-refractivity contribution >= 4 is 17.2 Å². The molecule has 0 unspecified atom stereocenters. The van der Waals surface area contributed by atoms with Crippen molar-refractivity contribution in [3.05, 3.63) is 39.7 Å². The molecule has 0 aromatic carbocycles. The van der Waals surface area contributed by atoms with Crippen molar-refractivity contribution in [1.29, 1.82) is 0 Å². The summed E-state index contributed by atoms with van der Waals surface area (Å²) in [5.74, 6) is 0.609. The minimum atomic E-state index is -0.121. The molecule has 0 spiro atoms. The van der Waals surface area contributed by atoms with Crippen LogP contribution in [-0.2, 0) is 13.0 Å². The number of nitrogens with two attached hydrogens (primary N) is 1. The van der Waals surface area contributed by atoms with Gasteiger partial charge in [-0.1, -0.05) is 0 Å². The minimum absolute atomic E-state index is 0.121. The summed E-state index contributed by atoms with van der Waals surface area (Å²) >= 11 is 1.40. The third kappa shape index (κ3) is 2.96. The van der Waals surface area contributed by atoms with Crippen molar-refractivity contribution in [3.8, 4) is 0 Å². The van der Waals surface area contributed by atoms with E-state index in [1.165, 1.54) is 11.3 Å². The number of aryl methyl sites for hydroxylation is 1. The molecule has 0 aliphatic heterocycles. The van der Waals surface area contributed by atoms with E-state index in [1.54, 1.807) is 12.3 Å². The molecule has 0 fully saturated rings. The van der Waals surface area contributed by atoms with Crippen molar-refractivity contribution < 1.29 is 9.21 Å². The molecule has 3 N–H and O–H groups in total. The molecule has 0 aliphatic rings. The van der Waals surface area contributed by atoms with E-state index in [0.29, 0.717) is 24.4 Å². The Morgan fingerprint density at radius 2 is 2.44 bits per heavy atom. The van der Waals surface area contributed by atoms with Gasteiger partial charge >= 0.3 is 0 Å². The van der Waals surface area contributed by atoms with Crippen molar-refractivity contribution in [1.82, 2.24) is 10.3 Å². The highest BCUT2D eigenvalue weighted by molar-refractivity contribution is 7.13. The highest BCUT2D eigenvalue weighted by atomic mass is 32.1. The van der Waals surface area contributed by atoms with Gasteiger partial charge in [-0.15, -0.1) is 11.3 Å². The van der Waals surface area contributed by atoms with Gasteiger partial charge in [-0.2, -0.15) is 0 Å². The van der Waals surface area contributed by atoms with Crippen molar-refractivity contribution in [2.24, 2.45) is 5.73 Å². The zero-order chi connectivity index (χ0) is 13.0. The summed E-state index contributed by atoms with van der Waals surface area (Å²) in [6.07, 6.45) is 2.29. The van der Waals surface area contributed by atoms with Crippen LogP contribution < -0.4 is 11.1 Å². The number of thiazole rings is 1. The van der Waals surface area contributed by atoms with E-state index in [4.69, 9.17) is 10.2 Å². The standard InChI is InChI=1S/C12H15N3O2S/c1-8-11(18-10(15-8)4-5-13)12(16)14-7-9-3-2-6-17-9/h2-3,6H,4-5,7,13H2,1H3,(H,14,16). The first kappa shape index (κ1) is 12.8. The van der Waals surface area contributed by atoms with Gasteiger partial charge in [0.2, 0.25) is 0 Å². The predicted molar refractivity (Wildman–Crippen MR) is 69.5 cm³/mol. The Morgan fingerprint density at radius 1 is 1.61 bits per heavy atom. The number of amides is 1. The average molecular weight is 265 g/mol. The number of rotatable bonds is 5. The maximum Gasteiger partial charge on any atom is 0.263 e. The molecule has 0 saturated heterocycles. The van der Waals surface area contributed by atoms with Gasteiger partial charge in [0.15, 0.2) is 0 Å². The molecule has 18 heavy (non-hydrogen) atoms. The largest absolute Gasteiger partial charge is 0.467 e. The number of hydrogen-bond acceptors (Lipinski definition) is 5. The van der Waals surface area contributed by atoms with Crippen LogP contribution in [0, 0.1) is 6.92 Å². The molecule has 0 atom stereocenters. The Morgan fingerprint density at radius 3 is 3.11 bits per heavy atom. The molecule has 0 aliphatic carbocycles. The summed E-state index contributed by atoms with van der Waals surface area (Å²) in [6.45, 7) is 2.76. The molecule has 0 radical (unpaired) electrons. The van der Waals surface area contributed by atoms with E-state index in [1.807, 2.05) is 13.0 Å². The van der Waals surface area contributed by atoms with Gasteiger partial charge < -0.3 is 15.5 Å². The number of carbonyl (C=O) groups is 1. The van der Waals surface area contributed by atoms with Crippen molar-refractivity contribution in [3.63, 3.8) is 0 Å². The number of nitrogens with one attached hydrogen (secondary N) is 1. The summed E-state index contributed by atoms with van der Waals surface area (Å²) in [7, 11) is 0. The Labute approximate surface area is 109 Å². The SMILES string of the molecule is Cc1nc(CCN)sc1C(=O)NCc1ccco1. The molecular formula is C12H15N3O2S. The lowest BCUT2D eigenvalue weighted by Gasteiger charge is -2.01. The number of hydrogen-bond donors (Lipinski definition) is 2. The van der Waals surface area contributed by atoms with Gasteiger partial charge in [0.1, 0.15) is 10.6 Å². The van der Waals surface area contributed by atoms with Crippen LogP contribution in [0.25, 0.3) is 0 Å². The summed E-state index contributed by atoms with van der Waals surface area (Å²) < 4.78 is 5.15. The number of carbonyl (C=O) groups excluding carboxylic acids is 1. The van der Waals surface area contributed by atoms with E-state index < -0.39 is 0 Å². The fraction of sp³-hybridized carbons (Fsp3) is 0.333. The number of furan rings is 1. The van der Waals surface area contributed by atoms with E-state index in [9.17, 15) is 4.79 Å². The minimum Gasteiger partial charge on any atom is -0.467 e. The summed E-state index contributed by atoms with van der Waals surface area (Å²) in [5, 5.41) is 3.71. The van der Waals surface area contributed by atoms with Gasteiger partial charge in [-0.3, -0.25) is 4.79 Å². The molecule has 2 heterocycles.